The molecule has 2 saturated carbocycles. The largest absolute Gasteiger partial charge is 0.480 e. The molecule has 27 heavy (non-hydrogen) atoms. The van der Waals surface area contributed by atoms with E-state index in [9.17, 15) is 4.79 Å². The molecular weight excluding hydrogens is 358 g/mol. The van der Waals surface area contributed by atoms with E-state index in [1.807, 2.05) is 0 Å². The molecule has 1 saturated heterocycles. The molecule has 0 aromatic rings. The molecule has 0 aromatic carbocycles. The van der Waals surface area contributed by atoms with Gasteiger partial charge in [0.05, 0.1) is 0 Å². The van der Waals surface area contributed by atoms with Gasteiger partial charge in [0.15, 0.2) is 0 Å². The molecule has 156 valence electrons. The topological polar surface area (TPSA) is 95.9 Å². The highest BCUT2D eigenvalue weighted by Gasteiger charge is 2.43. The maximum Gasteiger partial charge on any atom is 0.317 e. The summed E-state index contributed by atoms with van der Waals surface area (Å²) in [5.41, 5.74) is 0. The number of carbonyl (C=O) groups is 1. The van der Waals surface area contributed by atoms with Gasteiger partial charge in [-0.1, -0.05) is 25.7 Å². The van der Waals surface area contributed by atoms with Crippen LogP contribution in [-0.2, 0) is 34.1 Å². The summed E-state index contributed by atoms with van der Waals surface area (Å²) in [6.45, 7) is -0.407. The minimum Gasteiger partial charge on any atom is -0.480 e. The van der Waals surface area contributed by atoms with Crippen LogP contribution in [-0.4, -0.2) is 47.6 Å². The Morgan fingerprint density at radius 2 is 1.11 bits per heavy atom. The first kappa shape index (κ1) is 20.9. The number of nitrogens with zero attached hydrogens (tertiary/aromatic N) is 1. The molecule has 2 aliphatic carbocycles. The molecule has 1 heterocycles. The smallest absolute Gasteiger partial charge is 0.317 e. The van der Waals surface area contributed by atoms with Crippen molar-refractivity contribution in [3.63, 3.8) is 0 Å². The molecule has 0 amide bonds. The lowest BCUT2D eigenvalue weighted by atomic mass is 10.1. The Morgan fingerprint density at radius 1 is 0.704 bits per heavy atom. The third kappa shape index (κ3) is 6.35. The van der Waals surface area contributed by atoms with Crippen molar-refractivity contribution in [1.29, 1.82) is 0 Å². The number of carboxylic acids is 1. The van der Waals surface area contributed by atoms with Gasteiger partial charge in [0.2, 0.25) is 11.6 Å². The number of carboxylic acid groups (broad SMARTS) is 1. The van der Waals surface area contributed by atoms with Gasteiger partial charge in [0.25, 0.3) is 0 Å². The maximum absolute atomic E-state index is 11.1. The average molecular weight is 389 g/mol. The molecule has 0 radical (unpaired) electrons. The molecular formula is C18H31NO8. The SMILES string of the molecule is O=C(O)CN1COOC2(CCCCCC2)OOC2(CCCCCC2)OOC1. The Hall–Kier alpha value is -0.810. The second-order valence-corrected chi connectivity index (χ2v) is 7.70. The normalized spacial score (nSPS) is 28.1. The van der Waals surface area contributed by atoms with E-state index in [-0.39, 0.29) is 20.0 Å². The summed E-state index contributed by atoms with van der Waals surface area (Å²) in [7, 11) is 0. The molecule has 9 nitrogen and oxygen atoms in total. The van der Waals surface area contributed by atoms with E-state index in [2.05, 4.69) is 0 Å². The first-order valence-electron chi connectivity index (χ1n) is 10.0. The van der Waals surface area contributed by atoms with Crippen LogP contribution in [0.2, 0.25) is 0 Å². The molecule has 0 unspecified atom stereocenters. The fourth-order valence-electron chi connectivity index (χ4n) is 3.78. The fourth-order valence-corrected chi connectivity index (χ4v) is 3.78. The Bertz CT molecular complexity index is 424. The van der Waals surface area contributed by atoms with Gasteiger partial charge < -0.3 is 5.11 Å². The second kappa shape index (κ2) is 10.1. The molecule has 0 aromatic heterocycles. The number of hydrogen-bond donors (Lipinski definition) is 1. The molecule has 3 rings (SSSR count). The first-order chi connectivity index (χ1) is 13.1. The fraction of sp³-hybridized carbons (Fsp3) is 0.944. The van der Waals surface area contributed by atoms with Crippen LogP contribution >= 0.6 is 0 Å². The zero-order valence-corrected chi connectivity index (χ0v) is 15.9. The van der Waals surface area contributed by atoms with Gasteiger partial charge in [0, 0.05) is 25.7 Å². The van der Waals surface area contributed by atoms with E-state index >= 15 is 0 Å². The second-order valence-electron chi connectivity index (χ2n) is 7.70. The molecule has 1 N–H and O–H groups in total. The van der Waals surface area contributed by atoms with Crippen molar-refractivity contribution < 1.29 is 39.2 Å². The summed E-state index contributed by atoms with van der Waals surface area (Å²) in [5.74, 6) is -3.02. The van der Waals surface area contributed by atoms with Crippen LogP contribution in [0.5, 0.6) is 0 Å². The quantitative estimate of drug-likeness (QED) is 0.714. The predicted octanol–water partition coefficient (Wildman–Crippen LogP) is 3.25. The summed E-state index contributed by atoms with van der Waals surface area (Å²) in [6, 6.07) is 0. The van der Waals surface area contributed by atoms with Crippen molar-refractivity contribution in [3.05, 3.63) is 0 Å². The third-order valence-electron chi connectivity index (χ3n) is 5.33. The van der Waals surface area contributed by atoms with Crippen molar-refractivity contribution >= 4 is 5.97 Å². The Kier molecular flexibility index (Phi) is 7.83. The van der Waals surface area contributed by atoms with Gasteiger partial charge in [-0.3, -0.25) is 4.79 Å². The van der Waals surface area contributed by atoms with Crippen LogP contribution < -0.4 is 0 Å². The van der Waals surface area contributed by atoms with E-state index in [4.69, 9.17) is 34.4 Å². The minimum absolute atomic E-state index is 0.0756. The van der Waals surface area contributed by atoms with Crippen molar-refractivity contribution in [2.24, 2.45) is 0 Å². The summed E-state index contributed by atoms with van der Waals surface area (Å²) in [5, 5.41) is 9.08. The third-order valence-corrected chi connectivity index (χ3v) is 5.33. The van der Waals surface area contributed by atoms with Crippen molar-refractivity contribution in [2.45, 2.75) is 88.6 Å². The van der Waals surface area contributed by atoms with Gasteiger partial charge >= 0.3 is 5.97 Å². The summed E-state index contributed by atoms with van der Waals surface area (Å²) >= 11 is 0. The summed E-state index contributed by atoms with van der Waals surface area (Å²) < 4.78 is 0. The van der Waals surface area contributed by atoms with Crippen molar-refractivity contribution in [1.82, 2.24) is 4.90 Å². The Labute approximate surface area is 159 Å². The first-order valence-corrected chi connectivity index (χ1v) is 10.0. The molecule has 9 heteroatoms. The van der Waals surface area contributed by atoms with Crippen LogP contribution in [0, 0.1) is 0 Å². The van der Waals surface area contributed by atoms with Crippen LogP contribution in [0.3, 0.4) is 0 Å². The summed E-state index contributed by atoms with van der Waals surface area (Å²) in [6.07, 6.45) is 10.7. The van der Waals surface area contributed by atoms with Gasteiger partial charge in [-0.05, 0) is 25.7 Å². The van der Waals surface area contributed by atoms with E-state index in [0.717, 1.165) is 51.4 Å². The molecule has 1 aliphatic heterocycles. The van der Waals surface area contributed by atoms with E-state index < -0.39 is 17.5 Å². The molecule has 3 fully saturated rings. The lowest BCUT2D eigenvalue weighted by Gasteiger charge is -2.35. The average Bonchev–Trinajstić information content (AvgIpc) is 3.02. The lowest BCUT2D eigenvalue weighted by Crippen LogP contribution is -2.42. The molecule has 0 bridgehead atoms. The van der Waals surface area contributed by atoms with E-state index in [1.54, 1.807) is 0 Å². The highest BCUT2D eigenvalue weighted by Crippen LogP contribution is 2.38. The highest BCUT2D eigenvalue weighted by atomic mass is 17.4. The van der Waals surface area contributed by atoms with Crippen LogP contribution in [0.4, 0.5) is 0 Å². The van der Waals surface area contributed by atoms with Crippen molar-refractivity contribution in [2.75, 3.05) is 20.0 Å². The zero-order chi connectivity index (χ0) is 19.0. The van der Waals surface area contributed by atoms with Crippen LogP contribution in [0.15, 0.2) is 0 Å². The highest BCUT2D eigenvalue weighted by molar-refractivity contribution is 5.68. The van der Waals surface area contributed by atoms with Gasteiger partial charge in [-0.25, -0.2) is 14.7 Å². The molecule has 2 spiro atoms. The van der Waals surface area contributed by atoms with Gasteiger partial charge in [-0.15, -0.1) is 0 Å². The minimum atomic E-state index is -1.02. The zero-order valence-electron chi connectivity index (χ0n) is 15.9. The Balaban J connectivity index is 1.75. The number of hydrogen-bond acceptors (Lipinski definition) is 8. The Morgan fingerprint density at radius 3 is 1.48 bits per heavy atom. The number of aliphatic carboxylic acids is 1. The molecule has 3 aliphatic rings. The van der Waals surface area contributed by atoms with Crippen LogP contribution in [0.1, 0.15) is 77.0 Å². The monoisotopic (exact) mass is 389 g/mol. The number of rotatable bonds is 2. The van der Waals surface area contributed by atoms with Gasteiger partial charge in [-0.2, -0.15) is 19.6 Å². The van der Waals surface area contributed by atoms with Crippen LogP contribution in [0.25, 0.3) is 0 Å². The standard InChI is InChI=1S/C18H31NO8/c20-16(21)13-19-14-22-24-17(9-5-1-2-6-10-17)26-27-18(25-23-15-19)11-7-3-4-8-12-18/h1-15H2,(H,20,21). The lowest BCUT2D eigenvalue weighted by molar-refractivity contribution is -0.579. The van der Waals surface area contributed by atoms with Gasteiger partial charge in [0.1, 0.15) is 20.0 Å². The van der Waals surface area contributed by atoms with E-state index in [0.29, 0.717) is 25.7 Å². The molecule has 0 atom stereocenters. The van der Waals surface area contributed by atoms with Crippen molar-refractivity contribution in [3.8, 4) is 0 Å². The predicted molar refractivity (Wildman–Crippen MR) is 91.5 cm³/mol. The summed E-state index contributed by atoms with van der Waals surface area (Å²) in [4.78, 5) is 46.3. The maximum atomic E-state index is 11.1. The van der Waals surface area contributed by atoms with E-state index in [1.165, 1.54) is 4.90 Å².